The molecule has 0 spiro atoms. The molecular formula is C22H30N4O4. The Morgan fingerprint density at radius 1 is 1.30 bits per heavy atom. The van der Waals surface area contributed by atoms with Gasteiger partial charge in [0.1, 0.15) is 23.7 Å². The van der Waals surface area contributed by atoms with Crippen LogP contribution in [0, 0.1) is 12.8 Å². The number of hydrogen-bond acceptors (Lipinski definition) is 6. The van der Waals surface area contributed by atoms with Crippen LogP contribution in [0.2, 0.25) is 0 Å². The number of hydrogen-bond donors (Lipinski definition) is 1. The van der Waals surface area contributed by atoms with E-state index >= 15 is 0 Å². The summed E-state index contributed by atoms with van der Waals surface area (Å²) < 4.78 is 12.7. The highest BCUT2D eigenvalue weighted by Gasteiger charge is 2.71. The lowest BCUT2D eigenvalue weighted by atomic mass is 9.39. The number of rotatable bonds is 8. The molecule has 0 unspecified atom stereocenters. The summed E-state index contributed by atoms with van der Waals surface area (Å²) >= 11 is 0. The van der Waals surface area contributed by atoms with Gasteiger partial charge in [0.2, 0.25) is 11.8 Å². The van der Waals surface area contributed by atoms with Crippen molar-refractivity contribution in [3.8, 4) is 5.75 Å². The van der Waals surface area contributed by atoms with Crippen LogP contribution in [0.1, 0.15) is 70.2 Å². The summed E-state index contributed by atoms with van der Waals surface area (Å²) in [5, 5.41) is 7.53. The third-order valence-corrected chi connectivity index (χ3v) is 5.91. The summed E-state index contributed by atoms with van der Waals surface area (Å²) in [5.74, 6) is 2.29. The second kappa shape index (κ2) is 7.25. The van der Waals surface area contributed by atoms with Gasteiger partial charge in [0.05, 0.1) is 18.2 Å². The standard InChI is InChI=1S/C22H30N4O4/c1-13(2)9-29-16-6-18(28)26(25-19(16)14(3)4)8-17(27)24-22-10-21(11-22,12-22)20-23-7-15(5)30-20/h6-7,13-14H,8-12H2,1-5H3,(H,24,27). The van der Waals surface area contributed by atoms with E-state index in [4.69, 9.17) is 9.15 Å². The summed E-state index contributed by atoms with van der Waals surface area (Å²) in [4.78, 5) is 29.5. The number of carbonyl (C=O) groups excluding carboxylic acids is 1. The molecule has 0 aromatic carbocycles. The van der Waals surface area contributed by atoms with Crippen molar-refractivity contribution >= 4 is 5.91 Å². The van der Waals surface area contributed by atoms with Gasteiger partial charge in [-0.05, 0) is 32.1 Å². The van der Waals surface area contributed by atoms with Crippen molar-refractivity contribution in [2.24, 2.45) is 5.92 Å². The van der Waals surface area contributed by atoms with Crippen molar-refractivity contribution in [2.45, 2.75) is 77.3 Å². The van der Waals surface area contributed by atoms with Crippen molar-refractivity contribution in [1.82, 2.24) is 20.1 Å². The molecule has 2 aromatic rings. The molecule has 3 aliphatic carbocycles. The minimum atomic E-state index is -0.336. The van der Waals surface area contributed by atoms with Gasteiger partial charge in [-0.1, -0.05) is 27.7 Å². The molecule has 8 nitrogen and oxygen atoms in total. The number of oxazole rings is 1. The largest absolute Gasteiger partial charge is 0.491 e. The van der Waals surface area contributed by atoms with E-state index in [1.807, 2.05) is 34.6 Å². The maximum absolute atomic E-state index is 12.6. The zero-order valence-electron chi connectivity index (χ0n) is 18.3. The van der Waals surface area contributed by atoms with Crippen LogP contribution in [0.15, 0.2) is 21.5 Å². The molecular weight excluding hydrogens is 384 g/mol. The van der Waals surface area contributed by atoms with Crippen molar-refractivity contribution in [3.63, 3.8) is 0 Å². The summed E-state index contributed by atoms with van der Waals surface area (Å²) in [6, 6.07) is 1.44. The first-order chi connectivity index (χ1) is 14.1. The van der Waals surface area contributed by atoms with E-state index < -0.39 is 0 Å². The summed E-state index contributed by atoms with van der Waals surface area (Å²) in [6.45, 7) is 10.4. The zero-order chi connectivity index (χ0) is 21.7. The lowest BCUT2D eigenvalue weighted by Gasteiger charge is -2.68. The van der Waals surface area contributed by atoms with Crippen LogP contribution >= 0.6 is 0 Å². The maximum atomic E-state index is 12.6. The third-order valence-electron chi connectivity index (χ3n) is 5.91. The predicted octanol–water partition coefficient (Wildman–Crippen LogP) is 2.69. The first-order valence-electron chi connectivity index (χ1n) is 10.6. The average molecular weight is 415 g/mol. The smallest absolute Gasteiger partial charge is 0.270 e. The molecule has 1 amide bonds. The highest BCUT2D eigenvalue weighted by Crippen LogP contribution is 2.67. The van der Waals surface area contributed by atoms with Gasteiger partial charge in [0, 0.05) is 17.5 Å². The molecule has 3 saturated carbocycles. The Morgan fingerprint density at radius 3 is 2.57 bits per heavy atom. The Labute approximate surface area is 176 Å². The molecule has 3 fully saturated rings. The van der Waals surface area contributed by atoms with E-state index in [1.54, 1.807) is 6.20 Å². The van der Waals surface area contributed by atoms with Gasteiger partial charge in [-0.25, -0.2) is 9.67 Å². The molecule has 1 N–H and O–H groups in total. The zero-order valence-corrected chi connectivity index (χ0v) is 18.3. The normalized spacial score (nSPS) is 24.5. The molecule has 5 rings (SSSR count). The molecule has 2 bridgehead atoms. The number of nitrogens with one attached hydrogen (secondary N) is 1. The number of nitrogens with zero attached hydrogens (tertiary/aromatic N) is 3. The molecule has 0 atom stereocenters. The Morgan fingerprint density at radius 2 is 2.00 bits per heavy atom. The number of aryl methyl sites for hydroxylation is 1. The summed E-state index contributed by atoms with van der Waals surface area (Å²) in [7, 11) is 0. The fraction of sp³-hybridized carbons (Fsp3) is 0.636. The van der Waals surface area contributed by atoms with Gasteiger partial charge in [0.25, 0.3) is 5.56 Å². The van der Waals surface area contributed by atoms with Gasteiger partial charge < -0.3 is 14.5 Å². The van der Waals surface area contributed by atoms with Crippen molar-refractivity contribution in [3.05, 3.63) is 40.0 Å². The first kappa shape index (κ1) is 20.6. The number of aromatic nitrogens is 3. The van der Waals surface area contributed by atoms with Crippen LogP contribution in [0.5, 0.6) is 5.75 Å². The van der Waals surface area contributed by atoms with Crippen LogP contribution in [0.4, 0.5) is 0 Å². The molecule has 30 heavy (non-hydrogen) atoms. The van der Waals surface area contributed by atoms with Gasteiger partial charge in [-0.2, -0.15) is 5.10 Å². The van der Waals surface area contributed by atoms with E-state index in [-0.39, 0.29) is 34.9 Å². The van der Waals surface area contributed by atoms with Crippen LogP contribution in [-0.4, -0.2) is 32.8 Å². The second-order valence-electron chi connectivity index (χ2n) is 9.66. The quantitative estimate of drug-likeness (QED) is 0.713. The Hall–Kier alpha value is -2.64. The predicted molar refractivity (Wildman–Crippen MR) is 111 cm³/mol. The monoisotopic (exact) mass is 414 g/mol. The summed E-state index contributed by atoms with van der Waals surface area (Å²) in [5.41, 5.74) is 0.116. The molecule has 2 aromatic heterocycles. The van der Waals surface area contributed by atoms with E-state index in [0.717, 1.165) is 30.9 Å². The molecule has 0 radical (unpaired) electrons. The highest BCUT2D eigenvalue weighted by molar-refractivity contribution is 5.77. The first-order valence-corrected chi connectivity index (χ1v) is 10.6. The maximum Gasteiger partial charge on any atom is 0.270 e. The molecule has 0 saturated heterocycles. The summed E-state index contributed by atoms with van der Waals surface area (Å²) in [6.07, 6.45) is 4.22. The van der Waals surface area contributed by atoms with Crippen molar-refractivity contribution in [1.29, 1.82) is 0 Å². The van der Waals surface area contributed by atoms with E-state index in [9.17, 15) is 9.59 Å². The van der Waals surface area contributed by atoms with Gasteiger partial charge in [0.15, 0.2) is 0 Å². The molecule has 2 heterocycles. The Bertz CT molecular complexity index is 1000. The van der Waals surface area contributed by atoms with Gasteiger partial charge >= 0.3 is 0 Å². The van der Waals surface area contributed by atoms with Crippen LogP contribution in [0.3, 0.4) is 0 Å². The van der Waals surface area contributed by atoms with Crippen LogP contribution in [0.25, 0.3) is 0 Å². The fourth-order valence-corrected chi connectivity index (χ4v) is 4.59. The topological polar surface area (TPSA) is 99.3 Å². The lowest BCUT2D eigenvalue weighted by molar-refractivity contribution is -0.142. The van der Waals surface area contributed by atoms with Crippen LogP contribution < -0.4 is 15.6 Å². The highest BCUT2D eigenvalue weighted by atomic mass is 16.5. The van der Waals surface area contributed by atoms with E-state index in [1.165, 1.54) is 10.7 Å². The number of amides is 1. The average Bonchev–Trinajstić information content (AvgIpc) is 3.02. The van der Waals surface area contributed by atoms with E-state index in [2.05, 4.69) is 15.4 Å². The van der Waals surface area contributed by atoms with Crippen molar-refractivity contribution < 1.29 is 13.9 Å². The van der Waals surface area contributed by atoms with Crippen molar-refractivity contribution in [2.75, 3.05) is 6.61 Å². The van der Waals surface area contributed by atoms with Gasteiger partial charge in [-0.15, -0.1) is 0 Å². The lowest BCUT2D eigenvalue weighted by Crippen LogP contribution is -2.77. The van der Waals surface area contributed by atoms with Gasteiger partial charge in [-0.3, -0.25) is 9.59 Å². The SMILES string of the molecule is Cc1cnc(C23CC(NC(=O)Cn4nc(C(C)C)c(OCC(C)C)cc4=O)(C2)C3)o1. The molecule has 8 heteroatoms. The number of carbonyl (C=O) groups is 1. The third kappa shape index (κ3) is 3.63. The molecule has 0 aliphatic heterocycles. The minimum absolute atomic E-state index is 0.0309. The Kier molecular flexibility index (Phi) is 4.98. The Balaban J connectivity index is 1.40. The van der Waals surface area contributed by atoms with E-state index in [0.29, 0.717) is 24.0 Å². The fourth-order valence-electron chi connectivity index (χ4n) is 4.59. The number of ether oxygens (including phenoxy) is 1. The minimum Gasteiger partial charge on any atom is -0.491 e. The molecule has 162 valence electrons. The van der Waals surface area contributed by atoms with Crippen LogP contribution in [-0.2, 0) is 16.8 Å². The molecule has 3 aliphatic rings. The second-order valence-corrected chi connectivity index (χ2v) is 9.66.